The molecule has 3 N–H and O–H groups in total. The van der Waals surface area contributed by atoms with Crippen LogP contribution < -0.4 is 16.3 Å². The third-order valence-electron chi connectivity index (χ3n) is 5.47. The highest BCUT2D eigenvalue weighted by Gasteiger charge is 2.22. The first kappa shape index (κ1) is 27.1. The summed E-state index contributed by atoms with van der Waals surface area (Å²) in [5.74, 6) is -2.42. The first-order valence-corrected chi connectivity index (χ1v) is 11.8. The number of hydrogen-bond donors (Lipinski definition) is 3. The number of amides is 2. The van der Waals surface area contributed by atoms with Crippen molar-refractivity contribution in [3.8, 4) is 0 Å². The molecule has 0 bridgehead atoms. The van der Waals surface area contributed by atoms with Gasteiger partial charge in [-0.15, -0.1) is 0 Å². The van der Waals surface area contributed by atoms with Gasteiger partial charge in [0.2, 0.25) is 11.8 Å². The van der Waals surface area contributed by atoms with Crippen molar-refractivity contribution >= 4 is 40.4 Å². The molecule has 0 unspecified atom stereocenters. The number of hydrogen-bond acceptors (Lipinski definition) is 7. The van der Waals surface area contributed by atoms with E-state index in [1.54, 1.807) is 19.1 Å². The van der Waals surface area contributed by atoms with Crippen molar-refractivity contribution < 1.29 is 33.4 Å². The Kier molecular flexibility index (Phi) is 9.54. The Morgan fingerprint density at radius 2 is 1.78 bits per heavy atom. The van der Waals surface area contributed by atoms with Gasteiger partial charge in [0.15, 0.2) is 0 Å². The standard InChI is InChI=1S/C27H28N2O8/c1-2-36-25(33)14-18-15-26(34)37-22-16-19(11-12-20(18)22)28-27(35)21(13-17-7-4-3-5-8-17)29-23(30)9-6-10-24(31)32/h3-5,7-8,11-12,15-16,21H,2,6,9-10,13-14H2,1H3,(H,28,35)(H,29,30)(H,31,32)/t21-/m0/s1. The van der Waals surface area contributed by atoms with Crippen LogP contribution >= 0.6 is 0 Å². The van der Waals surface area contributed by atoms with Crippen LogP contribution in [-0.4, -0.2) is 41.5 Å². The number of ether oxygens (including phenoxy) is 1. The minimum atomic E-state index is -1.00. The number of carboxylic acids is 1. The van der Waals surface area contributed by atoms with E-state index in [0.717, 1.165) is 5.56 Å². The molecular weight excluding hydrogens is 480 g/mol. The van der Waals surface area contributed by atoms with Crippen LogP contribution in [0, 0.1) is 0 Å². The van der Waals surface area contributed by atoms with Gasteiger partial charge in [-0.2, -0.15) is 0 Å². The van der Waals surface area contributed by atoms with Crippen LogP contribution in [0.2, 0.25) is 0 Å². The number of carbonyl (C=O) groups excluding carboxylic acids is 3. The lowest BCUT2D eigenvalue weighted by Gasteiger charge is -2.19. The Morgan fingerprint density at radius 1 is 1.03 bits per heavy atom. The molecule has 0 spiro atoms. The van der Waals surface area contributed by atoms with Gasteiger partial charge < -0.3 is 24.9 Å². The van der Waals surface area contributed by atoms with Gasteiger partial charge >= 0.3 is 17.6 Å². The number of fused-ring (bicyclic) bond motifs is 1. The zero-order valence-electron chi connectivity index (χ0n) is 20.3. The van der Waals surface area contributed by atoms with Crippen LogP contribution in [0.4, 0.5) is 5.69 Å². The van der Waals surface area contributed by atoms with Gasteiger partial charge in [-0.05, 0) is 36.6 Å². The smallest absolute Gasteiger partial charge is 0.336 e. The molecule has 10 heteroatoms. The summed E-state index contributed by atoms with van der Waals surface area (Å²) in [5, 5.41) is 14.7. The van der Waals surface area contributed by atoms with Crippen molar-refractivity contribution in [1.82, 2.24) is 5.32 Å². The minimum absolute atomic E-state index is 0.0325. The molecular formula is C27H28N2O8. The lowest BCUT2D eigenvalue weighted by Crippen LogP contribution is -2.45. The second kappa shape index (κ2) is 13.0. The first-order chi connectivity index (χ1) is 17.7. The lowest BCUT2D eigenvalue weighted by molar-refractivity contribution is -0.142. The molecule has 2 aromatic carbocycles. The topological polar surface area (TPSA) is 152 Å². The maximum absolute atomic E-state index is 13.1. The number of nitrogens with one attached hydrogen (secondary N) is 2. The Hall–Kier alpha value is -4.47. The van der Waals surface area contributed by atoms with E-state index in [0.29, 0.717) is 16.6 Å². The summed E-state index contributed by atoms with van der Waals surface area (Å²) >= 11 is 0. The van der Waals surface area contributed by atoms with Crippen molar-refractivity contribution in [2.75, 3.05) is 11.9 Å². The molecule has 0 radical (unpaired) electrons. The molecule has 0 saturated carbocycles. The maximum Gasteiger partial charge on any atom is 0.336 e. The van der Waals surface area contributed by atoms with Gasteiger partial charge in [0.05, 0.1) is 13.0 Å². The lowest BCUT2D eigenvalue weighted by atomic mass is 10.0. The SMILES string of the molecule is CCOC(=O)Cc1cc(=O)oc2cc(NC(=O)[C@H](Cc3ccccc3)NC(=O)CCCC(=O)O)ccc12. The van der Waals surface area contributed by atoms with Gasteiger partial charge in [-0.3, -0.25) is 19.2 Å². The molecule has 10 nitrogen and oxygen atoms in total. The molecule has 3 aromatic rings. The fourth-order valence-electron chi connectivity index (χ4n) is 3.78. The monoisotopic (exact) mass is 508 g/mol. The highest BCUT2D eigenvalue weighted by atomic mass is 16.5. The normalized spacial score (nSPS) is 11.5. The quantitative estimate of drug-likeness (QED) is 0.249. The van der Waals surface area contributed by atoms with Crippen LogP contribution in [0.15, 0.2) is 63.8 Å². The number of aliphatic carboxylic acids is 1. The van der Waals surface area contributed by atoms with E-state index in [1.807, 2.05) is 30.3 Å². The zero-order valence-corrected chi connectivity index (χ0v) is 20.3. The first-order valence-electron chi connectivity index (χ1n) is 11.8. The largest absolute Gasteiger partial charge is 0.481 e. The summed E-state index contributed by atoms with van der Waals surface area (Å²) in [6.45, 7) is 1.91. The average molecular weight is 509 g/mol. The van der Waals surface area contributed by atoms with E-state index in [-0.39, 0.29) is 44.3 Å². The molecule has 3 rings (SSSR count). The van der Waals surface area contributed by atoms with Crippen molar-refractivity contribution in [1.29, 1.82) is 0 Å². The van der Waals surface area contributed by atoms with Gasteiger partial charge in [0.25, 0.3) is 0 Å². The molecule has 0 aliphatic carbocycles. The van der Waals surface area contributed by atoms with Crippen LogP contribution in [0.3, 0.4) is 0 Å². The van der Waals surface area contributed by atoms with Gasteiger partial charge in [-0.25, -0.2) is 4.79 Å². The molecule has 2 amide bonds. The van der Waals surface area contributed by atoms with Crippen LogP contribution in [0.1, 0.15) is 37.3 Å². The molecule has 1 atom stereocenters. The summed E-state index contributed by atoms with van der Waals surface area (Å²) in [6.07, 6.45) is 0.0791. The fourth-order valence-corrected chi connectivity index (χ4v) is 3.78. The van der Waals surface area contributed by atoms with E-state index in [1.165, 1.54) is 12.1 Å². The molecule has 0 saturated heterocycles. The van der Waals surface area contributed by atoms with E-state index < -0.39 is 35.4 Å². The van der Waals surface area contributed by atoms with Crippen molar-refractivity contribution in [2.45, 2.75) is 45.1 Å². The third-order valence-corrected chi connectivity index (χ3v) is 5.47. The molecule has 1 heterocycles. The summed E-state index contributed by atoms with van der Waals surface area (Å²) in [5.41, 5.74) is 1.12. The van der Waals surface area contributed by atoms with Gasteiger partial charge in [0, 0.05) is 42.5 Å². The number of carboxylic acid groups (broad SMARTS) is 1. The fraction of sp³-hybridized carbons (Fsp3) is 0.296. The van der Waals surface area contributed by atoms with Gasteiger partial charge in [-0.1, -0.05) is 30.3 Å². The number of rotatable bonds is 12. The van der Waals surface area contributed by atoms with Crippen molar-refractivity contribution in [3.63, 3.8) is 0 Å². The third kappa shape index (κ3) is 8.31. The highest BCUT2D eigenvalue weighted by molar-refractivity contribution is 5.99. The Labute approximate surface area is 212 Å². The summed E-state index contributed by atoms with van der Waals surface area (Å²) in [7, 11) is 0. The second-order valence-corrected chi connectivity index (χ2v) is 8.33. The Balaban J connectivity index is 1.79. The second-order valence-electron chi connectivity index (χ2n) is 8.33. The molecule has 0 aliphatic rings. The maximum atomic E-state index is 13.1. The molecule has 0 aliphatic heterocycles. The van der Waals surface area contributed by atoms with Crippen molar-refractivity contribution in [3.05, 3.63) is 76.1 Å². The van der Waals surface area contributed by atoms with E-state index in [9.17, 15) is 24.0 Å². The molecule has 37 heavy (non-hydrogen) atoms. The Morgan fingerprint density at radius 3 is 2.49 bits per heavy atom. The number of esters is 1. The minimum Gasteiger partial charge on any atom is -0.481 e. The van der Waals surface area contributed by atoms with E-state index >= 15 is 0 Å². The predicted octanol–water partition coefficient (Wildman–Crippen LogP) is 2.82. The summed E-state index contributed by atoms with van der Waals surface area (Å²) in [6, 6.07) is 14.1. The van der Waals surface area contributed by atoms with Crippen LogP contribution in [0.25, 0.3) is 11.0 Å². The van der Waals surface area contributed by atoms with Gasteiger partial charge in [0.1, 0.15) is 11.6 Å². The average Bonchev–Trinajstić information content (AvgIpc) is 2.84. The molecule has 1 aromatic heterocycles. The summed E-state index contributed by atoms with van der Waals surface area (Å²) in [4.78, 5) is 60.2. The molecule has 194 valence electrons. The Bertz CT molecular complexity index is 1330. The predicted molar refractivity (Wildman–Crippen MR) is 135 cm³/mol. The number of anilines is 1. The van der Waals surface area contributed by atoms with E-state index in [2.05, 4.69) is 10.6 Å². The van der Waals surface area contributed by atoms with Crippen LogP contribution in [0.5, 0.6) is 0 Å². The number of carbonyl (C=O) groups is 4. The zero-order chi connectivity index (χ0) is 26.8. The van der Waals surface area contributed by atoms with Crippen LogP contribution in [-0.2, 0) is 36.8 Å². The number of benzene rings is 2. The molecule has 0 fully saturated rings. The van der Waals surface area contributed by atoms with E-state index in [4.69, 9.17) is 14.3 Å². The van der Waals surface area contributed by atoms with Crippen molar-refractivity contribution in [2.24, 2.45) is 0 Å². The highest BCUT2D eigenvalue weighted by Crippen LogP contribution is 2.22. The summed E-state index contributed by atoms with van der Waals surface area (Å²) < 4.78 is 10.2.